The van der Waals surface area contributed by atoms with E-state index in [4.69, 9.17) is 4.74 Å². The van der Waals surface area contributed by atoms with Crippen LogP contribution in [0.4, 0.5) is 0 Å². The number of hydrogen-bond acceptors (Lipinski definition) is 5. The number of nitrogens with zero attached hydrogens (tertiary/aromatic N) is 1. The number of hydrogen-bond donors (Lipinski definition) is 3. The summed E-state index contributed by atoms with van der Waals surface area (Å²) in [5.74, 6) is 0.912. The molecule has 1 atom stereocenters. The number of aliphatic hydroxyl groups excluding tert-OH is 1. The second-order valence-electron chi connectivity index (χ2n) is 6.10. The molecule has 1 aromatic rings. The first-order valence-corrected chi connectivity index (χ1v) is 8.03. The van der Waals surface area contributed by atoms with Gasteiger partial charge >= 0.3 is 0 Å². The van der Waals surface area contributed by atoms with Gasteiger partial charge in [0.1, 0.15) is 11.9 Å². The van der Waals surface area contributed by atoms with Crippen LogP contribution in [0.15, 0.2) is 18.3 Å². The molecular formula is C16H25N3O2. The molecule has 1 aliphatic carbocycles. The molecule has 3 rings (SSSR count). The second-order valence-corrected chi connectivity index (χ2v) is 6.10. The van der Waals surface area contributed by atoms with Crippen LogP contribution >= 0.6 is 0 Å². The molecule has 1 aliphatic heterocycles. The Morgan fingerprint density at radius 1 is 1.29 bits per heavy atom. The summed E-state index contributed by atoms with van der Waals surface area (Å²) in [5, 5.41) is 16.4. The van der Waals surface area contributed by atoms with E-state index in [1.165, 1.54) is 0 Å². The minimum absolute atomic E-state index is 0.0991. The first-order valence-electron chi connectivity index (χ1n) is 8.03. The van der Waals surface area contributed by atoms with Crippen LogP contribution in [0.2, 0.25) is 0 Å². The van der Waals surface area contributed by atoms with Gasteiger partial charge in [-0.05, 0) is 44.7 Å². The zero-order chi connectivity index (χ0) is 14.5. The van der Waals surface area contributed by atoms with Crippen molar-refractivity contribution in [3.8, 4) is 5.75 Å². The topological polar surface area (TPSA) is 66.4 Å². The number of ether oxygens (including phenoxy) is 1. The predicted octanol–water partition coefficient (Wildman–Crippen LogP) is 1.22. The molecule has 1 saturated heterocycles. The monoisotopic (exact) mass is 291 g/mol. The van der Waals surface area contributed by atoms with E-state index in [0.717, 1.165) is 63.2 Å². The molecule has 1 saturated carbocycles. The summed E-state index contributed by atoms with van der Waals surface area (Å²) in [6.07, 6.45) is 6.98. The zero-order valence-corrected chi connectivity index (χ0v) is 12.4. The van der Waals surface area contributed by atoms with E-state index < -0.39 is 0 Å². The lowest BCUT2D eigenvalue weighted by Gasteiger charge is -2.26. The average molecular weight is 291 g/mol. The molecule has 3 N–H and O–H groups in total. The van der Waals surface area contributed by atoms with Crippen LogP contribution in [0.1, 0.15) is 37.8 Å². The fraction of sp³-hybridized carbons (Fsp3) is 0.688. The first kappa shape index (κ1) is 14.8. The molecule has 2 aliphatic rings. The lowest BCUT2D eigenvalue weighted by Crippen LogP contribution is -2.34. The Labute approximate surface area is 126 Å². The van der Waals surface area contributed by atoms with Gasteiger partial charge in [0.25, 0.3) is 0 Å². The molecule has 5 heteroatoms. The van der Waals surface area contributed by atoms with Gasteiger partial charge in [0.2, 0.25) is 0 Å². The average Bonchev–Trinajstić information content (AvgIpc) is 3.00. The highest BCUT2D eigenvalue weighted by Gasteiger charge is 2.19. The summed E-state index contributed by atoms with van der Waals surface area (Å²) in [4.78, 5) is 4.41. The summed E-state index contributed by atoms with van der Waals surface area (Å²) in [6.45, 7) is 2.73. The van der Waals surface area contributed by atoms with Crippen molar-refractivity contribution in [3.63, 3.8) is 0 Å². The minimum atomic E-state index is -0.0991. The van der Waals surface area contributed by atoms with Crippen molar-refractivity contribution in [1.82, 2.24) is 15.6 Å². The maximum Gasteiger partial charge on any atom is 0.123 e. The van der Waals surface area contributed by atoms with Crippen molar-refractivity contribution in [2.45, 2.75) is 56.9 Å². The summed E-state index contributed by atoms with van der Waals surface area (Å²) >= 11 is 0. The van der Waals surface area contributed by atoms with Gasteiger partial charge < -0.3 is 20.5 Å². The predicted molar refractivity (Wildman–Crippen MR) is 81.2 cm³/mol. The van der Waals surface area contributed by atoms with Gasteiger partial charge in [-0.2, -0.15) is 0 Å². The van der Waals surface area contributed by atoms with Gasteiger partial charge in [-0.1, -0.05) is 0 Å². The summed E-state index contributed by atoms with van der Waals surface area (Å²) in [6, 6.07) is 4.46. The van der Waals surface area contributed by atoms with E-state index >= 15 is 0 Å². The number of rotatable bonds is 5. The molecule has 1 aromatic heterocycles. The summed E-state index contributed by atoms with van der Waals surface area (Å²) in [5.41, 5.74) is 1.02. The van der Waals surface area contributed by atoms with Gasteiger partial charge in [-0.15, -0.1) is 0 Å². The minimum Gasteiger partial charge on any atom is -0.489 e. The number of pyridine rings is 1. The molecule has 0 bridgehead atoms. The Bertz CT molecular complexity index is 441. The normalized spacial score (nSPS) is 29.5. The lowest BCUT2D eigenvalue weighted by molar-refractivity contribution is 0.116. The van der Waals surface area contributed by atoms with Crippen LogP contribution in [0, 0.1) is 0 Å². The number of nitrogens with one attached hydrogen (secondary N) is 2. The molecular weight excluding hydrogens is 266 g/mol. The Hall–Kier alpha value is -1.17. The molecule has 2 heterocycles. The first-order chi connectivity index (χ1) is 10.3. The van der Waals surface area contributed by atoms with Gasteiger partial charge in [0, 0.05) is 31.4 Å². The van der Waals surface area contributed by atoms with Gasteiger partial charge in [-0.3, -0.25) is 4.98 Å². The lowest BCUT2D eigenvalue weighted by atomic mass is 9.93. The van der Waals surface area contributed by atoms with Crippen molar-refractivity contribution in [2.24, 2.45) is 0 Å². The molecule has 2 fully saturated rings. The van der Waals surface area contributed by atoms with E-state index in [0.29, 0.717) is 6.04 Å². The quantitative estimate of drug-likeness (QED) is 0.761. The zero-order valence-electron chi connectivity index (χ0n) is 12.4. The largest absolute Gasteiger partial charge is 0.489 e. The van der Waals surface area contributed by atoms with Crippen molar-refractivity contribution in [1.29, 1.82) is 0 Å². The Balaban J connectivity index is 1.48. The third-order valence-corrected chi connectivity index (χ3v) is 4.37. The molecule has 0 spiro atoms. The van der Waals surface area contributed by atoms with Gasteiger partial charge in [0.15, 0.2) is 0 Å². The van der Waals surface area contributed by atoms with Crippen LogP contribution in [-0.4, -0.2) is 41.4 Å². The van der Waals surface area contributed by atoms with Crippen LogP contribution < -0.4 is 15.4 Å². The van der Waals surface area contributed by atoms with Crippen molar-refractivity contribution < 1.29 is 9.84 Å². The third kappa shape index (κ3) is 4.40. The molecule has 21 heavy (non-hydrogen) atoms. The summed E-state index contributed by atoms with van der Waals surface area (Å²) in [7, 11) is 0. The molecule has 1 unspecified atom stereocenters. The van der Waals surface area contributed by atoms with E-state index in [9.17, 15) is 5.11 Å². The van der Waals surface area contributed by atoms with Crippen LogP contribution in [0.25, 0.3) is 0 Å². The van der Waals surface area contributed by atoms with Crippen molar-refractivity contribution in [2.75, 3.05) is 13.1 Å². The highest BCUT2D eigenvalue weighted by molar-refractivity contribution is 5.23. The third-order valence-electron chi connectivity index (χ3n) is 4.37. The van der Waals surface area contributed by atoms with Crippen LogP contribution in [-0.2, 0) is 6.54 Å². The highest BCUT2D eigenvalue weighted by atomic mass is 16.5. The van der Waals surface area contributed by atoms with Crippen LogP contribution in [0.5, 0.6) is 5.75 Å². The molecule has 0 amide bonds. The molecule has 116 valence electrons. The SMILES string of the molecule is OC1CCC(NCc2cc(OC3CCNC3)ccn2)CC1. The smallest absolute Gasteiger partial charge is 0.123 e. The van der Waals surface area contributed by atoms with E-state index in [1.54, 1.807) is 0 Å². The van der Waals surface area contributed by atoms with Crippen molar-refractivity contribution >= 4 is 0 Å². The summed E-state index contributed by atoms with van der Waals surface area (Å²) < 4.78 is 5.96. The number of aromatic nitrogens is 1. The van der Waals surface area contributed by atoms with E-state index in [2.05, 4.69) is 15.6 Å². The molecule has 0 radical (unpaired) electrons. The Morgan fingerprint density at radius 3 is 2.90 bits per heavy atom. The van der Waals surface area contributed by atoms with Gasteiger partial charge in [-0.25, -0.2) is 0 Å². The maximum absolute atomic E-state index is 9.52. The standard InChI is InChI=1S/C16H25N3O2/c20-14-3-1-12(2-4-14)19-10-13-9-15(6-8-18-13)21-16-5-7-17-11-16/h6,8-9,12,14,16-17,19-20H,1-5,7,10-11H2. The maximum atomic E-state index is 9.52. The number of aliphatic hydroxyl groups is 1. The van der Waals surface area contributed by atoms with Crippen LogP contribution in [0.3, 0.4) is 0 Å². The van der Waals surface area contributed by atoms with Gasteiger partial charge in [0.05, 0.1) is 11.8 Å². The van der Waals surface area contributed by atoms with E-state index in [1.807, 2.05) is 18.3 Å². The van der Waals surface area contributed by atoms with Crippen molar-refractivity contribution in [3.05, 3.63) is 24.0 Å². The Kier molecular flexibility index (Phi) is 5.06. The Morgan fingerprint density at radius 2 is 2.14 bits per heavy atom. The second kappa shape index (κ2) is 7.20. The fourth-order valence-corrected chi connectivity index (χ4v) is 3.08. The van der Waals surface area contributed by atoms with E-state index in [-0.39, 0.29) is 12.2 Å². The molecule has 0 aromatic carbocycles. The molecule has 5 nitrogen and oxygen atoms in total. The highest BCUT2D eigenvalue weighted by Crippen LogP contribution is 2.19. The fourth-order valence-electron chi connectivity index (χ4n) is 3.08.